The summed E-state index contributed by atoms with van der Waals surface area (Å²) in [6, 6.07) is 8.36. The van der Waals surface area contributed by atoms with E-state index in [0.29, 0.717) is 17.1 Å². The van der Waals surface area contributed by atoms with E-state index in [0.717, 1.165) is 5.56 Å². The topological polar surface area (TPSA) is 81.3 Å². The molecule has 0 saturated heterocycles. The summed E-state index contributed by atoms with van der Waals surface area (Å²) >= 11 is 0. The van der Waals surface area contributed by atoms with Crippen molar-refractivity contribution in [1.82, 2.24) is 15.1 Å². The van der Waals surface area contributed by atoms with Gasteiger partial charge in [0.05, 0.1) is 12.7 Å². The minimum atomic E-state index is 0.0516. The molecule has 0 aliphatic rings. The molecule has 3 rings (SSSR count). The number of aromatic nitrogens is 3. The Morgan fingerprint density at radius 1 is 1.15 bits per heavy atom. The lowest BCUT2D eigenvalue weighted by molar-refractivity contribution is 0.408. The van der Waals surface area contributed by atoms with E-state index in [1.165, 1.54) is 6.07 Å². The van der Waals surface area contributed by atoms with Gasteiger partial charge in [0.15, 0.2) is 0 Å². The van der Waals surface area contributed by atoms with Gasteiger partial charge in [0.1, 0.15) is 11.5 Å². The second-order valence-corrected chi connectivity index (χ2v) is 4.04. The van der Waals surface area contributed by atoms with E-state index < -0.39 is 0 Å². The van der Waals surface area contributed by atoms with E-state index in [1.54, 1.807) is 43.8 Å². The van der Waals surface area contributed by atoms with E-state index in [4.69, 9.17) is 9.26 Å². The Balaban J connectivity index is 2.02. The Kier molecular flexibility index (Phi) is 3.04. The van der Waals surface area contributed by atoms with Gasteiger partial charge in [0.2, 0.25) is 5.82 Å². The van der Waals surface area contributed by atoms with Crippen LogP contribution in [0.4, 0.5) is 0 Å². The van der Waals surface area contributed by atoms with E-state index in [1.807, 2.05) is 0 Å². The number of phenols is 1. The quantitative estimate of drug-likeness (QED) is 0.786. The summed E-state index contributed by atoms with van der Waals surface area (Å²) in [5.74, 6) is 1.31. The van der Waals surface area contributed by atoms with Crippen molar-refractivity contribution in [2.75, 3.05) is 7.11 Å². The van der Waals surface area contributed by atoms with Gasteiger partial charge < -0.3 is 14.4 Å². The predicted molar refractivity (Wildman–Crippen MR) is 71.2 cm³/mol. The molecule has 2 heterocycles. The minimum Gasteiger partial charge on any atom is -0.507 e. The van der Waals surface area contributed by atoms with Gasteiger partial charge >= 0.3 is 0 Å². The zero-order chi connectivity index (χ0) is 13.9. The summed E-state index contributed by atoms with van der Waals surface area (Å²) in [6.07, 6.45) is 3.29. The van der Waals surface area contributed by atoms with Crippen molar-refractivity contribution in [3.05, 3.63) is 42.7 Å². The fraction of sp³-hybridized carbons (Fsp3) is 0.0714. The highest BCUT2D eigenvalue weighted by Gasteiger charge is 2.14. The maximum absolute atomic E-state index is 9.87. The van der Waals surface area contributed by atoms with Crippen molar-refractivity contribution in [3.63, 3.8) is 0 Å². The number of hydrogen-bond acceptors (Lipinski definition) is 6. The highest BCUT2D eigenvalue weighted by atomic mass is 16.5. The molecule has 1 aromatic carbocycles. The number of ether oxygens (including phenoxy) is 1. The maximum Gasteiger partial charge on any atom is 0.262 e. The minimum absolute atomic E-state index is 0.0516. The van der Waals surface area contributed by atoms with Crippen LogP contribution in [0.3, 0.4) is 0 Å². The van der Waals surface area contributed by atoms with Crippen LogP contribution < -0.4 is 4.74 Å². The largest absolute Gasteiger partial charge is 0.507 e. The molecule has 0 atom stereocenters. The number of nitrogens with zero attached hydrogens (tertiary/aromatic N) is 3. The van der Waals surface area contributed by atoms with Crippen LogP contribution in [0.2, 0.25) is 0 Å². The summed E-state index contributed by atoms with van der Waals surface area (Å²) < 4.78 is 10.3. The maximum atomic E-state index is 9.87. The third-order valence-electron chi connectivity index (χ3n) is 2.80. The van der Waals surface area contributed by atoms with Gasteiger partial charge in [-0.25, -0.2) is 0 Å². The third kappa shape index (κ3) is 2.18. The molecule has 6 heteroatoms. The molecule has 0 bridgehead atoms. The van der Waals surface area contributed by atoms with Crippen LogP contribution in [-0.4, -0.2) is 27.3 Å². The normalized spacial score (nSPS) is 10.4. The molecule has 0 spiro atoms. The zero-order valence-corrected chi connectivity index (χ0v) is 10.6. The standard InChI is InChI=1S/C14H11N3O3/c1-19-10-2-3-12(18)11(8-10)14-16-13(17-20-14)9-4-6-15-7-5-9/h2-8,18H,1H3. The van der Waals surface area contributed by atoms with Gasteiger partial charge in [0.25, 0.3) is 5.89 Å². The number of phenolic OH excluding ortho intramolecular Hbond substituents is 1. The van der Waals surface area contributed by atoms with Crippen molar-refractivity contribution in [1.29, 1.82) is 0 Å². The molecular formula is C14H11N3O3. The first kappa shape index (κ1) is 12.2. The Bertz CT molecular complexity index is 726. The van der Waals surface area contributed by atoms with Crippen molar-refractivity contribution in [3.8, 4) is 34.3 Å². The molecule has 100 valence electrons. The van der Waals surface area contributed by atoms with Crippen molar-refractivity contribution < 1.29 is 14.4 Å². The average molecular weight is 269 g/mol. The zero-order valence-electron chi connectivity index (χ0n) is 10.6. The number of pyridine rings is 1. The van der Waals surface area contributed by atoms with Gasteiger partial charge in [0, 0.05) is 18.0 Å². The summed E-state index contributed by atoms with van der Waals surface area (Å²) in [5, 5.41) is 13.8. The van der Waals surface area contributed by atoms with Crippen molar-refractivity contribution >= 4 is 0 Å². The number of aromatic hydroxyl groups is 1. The smallest absolute Gasteiger partial charge is 0.262 e. The second-order valence-electron chi connectivity index (χ2n) is 4.04. The van der Waals surface area contributed by atoms with E-state index >= 15 is 0 Å². The van der Waals surface area contributed by atoms with Gasteiger partial charge in [-0.15, -0.1) is 0 Å². The molecular weight excluding hydrogens is 258 g/mol. The van der Waals surface area contributed by atoms with Crippen molar-refractivity contribution in [2.24, 2.45) is 0 Å². The summed E-state index contributed by atoms with van der Waals surface area (Å²) in [4.78, 5) is 8.20. The highest BCUT2D eigenvalue weighted by molar-refractivity contribution is 5.66. The third-order valence-corrected chi connectivity index (χ3v) is 2.80. The summed E-state index contributed by atoms with van der Waals surface area (Å²) in [5.41, 5.74) is 1.22. The van der Waals surface area contributed by atoms with E-state index in [9.17, 15) is 5.11 Å². The van der Waals surface area contributed by atoms with Crippen LogP contribution in [0, 0.1) is 0 Å². The number of rotatable bonds is 3. The molecule has 0 amide bonds. The monoisotopic (exact) mass is 269 g/mol. The lowest BCUT2D eigenvalue weighted by atomic mass is 10.2. The second kappa shape index (κ2) is 5.00. The summed E-state index contributed by atoms with van der Waals surface area (Å²) in [7, 11) is 1.55. The van der Waals surface area contributed by atoms with Gasteiger partial charge in [-0.1, -0.05) is 5.16 Å². The molecule has 6 nitrogen and oxygen atoms in total. The molecule has 0 saturated carbocycles. The van der Waals surface area contributed by atoms with Crippen LogP contribution in [0.15, 0.2) is 47.2 Å². The molecule has 0 radical (unpaired) electrons. The Hall–Kier alpha value is -2.89. The van der Waals surface area contributed by atoms with Gasteiger partial charge in [-0.2, -0.15) is 4.98 Å². The van der Waals surface area contributed by atoms with Crippen LogP contribution in [0.1, 0.15) is 0 Å². The lowest BCUT2D eigenvalue weighted by Crippen LogP contribution is -1.85. The average Bonchev–Trinajstić information content (AvgIpc) is 2.98. The van der Waals surface area contributed by atoms with E-state index in [-0.39, 0.29) is 11.6 Å². The Labute approximate surface area is 114 Å². The Morgan fingerprint density at radius 2 is 1.95 bits per heavy atom. The SMILES string of the molecule is COc1ccc(O)c(-c2nc(-c3ccncc3)no2)c1. The van der Waals surface area contributed by atoms with E-state index in [2.05, 4.69) is 15.1 Å². The lowest BCUT2D eigenvalue weighted by Gasteiger charge is -2.02. The fourth-order valence-corrected chi connectivity index (χ4v) is 1.76. The van der Waals surface area contributed by atoms with Crippen LogP contribution in [0.25, 0.3) is 22.8 Å². The molecule has 3 aromatic rings. The first-order valence-electron chi connectivity index (χ1n) is 5.89. The molecule has 0 fully saturated rings. The first-order chi connectivity index (χ1) is 9.78. The predicted octanol–water partition coefficient (Wildman–Crippen LogP) is 2.51. The van der Waals surface area contributed by atoms with Crippen LogP contribution in [-0.2, 0) is 0 Å². The van der Waals surface area contributed by atoms with Gasteiger partial charge in [-0.3, -0.25) is 4.98 Å². The highest BCUT2D eigenvalue weighted by Crippen LogP contribution is 2.32. The first-order valence-corrected chi connectivity index (χ1v) is 5.89. The van der Waals surface area contributed by atoms with Crippen LogP contribution in [0.5, 0.6) is 11.5 Å². The van der Waals surface area contributed by atoms with Crippen LogP contribution >= 0.6 is 0 Å². The fourth-order valence-electron chi connectivity index (χ4n) is 1.76. The van der Waals surface area contributed by atoms with Crippen molar-refractivity contribution in [2.45, 2.75) is 0 Å². The molecule has 2 aromatic heterocycles. The molecule has 0 aliphatic heterocycles. The van der Waals surface area contributed by atoms with Gasteiger partial charge in [-0.05, 0) is 30.3 Å². The molecule has 20 heavy (non-hydrogen) atoms. The Morgan fingerprint density at radius 3 is 2.70 bits per heavy atom. The number of hydrogen-bond donors (Lipinski definition) is 1. The number of methoxy groups -OCH3 is 1. The molecule has 0 unspecified atom stereocenters. The molecule has 0 aliphatic carbocycles. The number of benzene rings is 1. The summed E-state index contributed by atoms with van der Waals surface area (Å²) in [6.45, 7) is 0. The molecule has 1 N–H and O–H groups in total.